The molecule has 0 spiro atoms. The minimum atomic E-state index is -0.440. The Hall–Kier alpha value is -2.69. The minimum Gasteiger partial charge on any atom is -0.462 e. The molecule has 0 aliphatic carbocycles. The van der Waals surface area contributed by atoms with Crippen LogP contribution in [0.4, 0.5) is 4.39 Å². The summed E-state index contributed by atoms with van der Waals surface area (Å²) in [5.74, 6) is 0.0603. The van der Waals surface area contributed by atoms with Crippen LogP contribution in [-0.4, -0.2) is 22.5 Å². The summed E-state index contributed by atoms with van der Waals surface area (Å²) in [6, 6.07) is 13.1. The Labute approximate surface area is 126 Å². The predicted molar refractivity (Wildman–Crippen MR) is 81.1 cm³/mol. The number of fused-ring (bicyclic) bond motifs is 1. The number of nitrogens with one attached hydrogen (secondary N) is 1. The fourth-order valence-corrected chi connectivity index (χ4v) is 2.20. The van der Waals surface area contributed by atoms with Gasteiger partial charge in [-0.1, -0.05) is 12.1 Å². The Balaban J connectivity index is 1.49. The first-order valence-electron chi connectivity index (χ1n) is 7.09. The van der Waals surface area contributed by atoms with Crippen LogP contribution < -0.4 is 0 Å². The molecule has 2 aromatic carbocycles. The van der Waals surface area contributed by atoms with E-state index < -0.39 is 5.97 Å². The lowest BCUT2D eigenvalue weighted by atomic mass is 10.2. The van der Waals surface area contributed by atoms with Crippen molar-refractivity contribution in [2.45, 2.75) is 12.8 Å². The van der Waals surface area contributed by atoms with Crippen LogP contribution >= 0.6 is 0 Å². The SMILES string of the molecule is O=C(OCCCc1nc2ccccc2[nH]1)c1ccc(F)cc1. The summed E-state index contributed by atoms with van der Waals surface area (Å²) < 4.78 is 17.9. The van der Waals surface area contributed by atoms with Gasteiger partial charge in [-0.3, -0.25) is 0 Å². The molecule has 3 rings (SSSR count). The molecule has 0 aliphatic heterocycles. The number of H-pyrrole nitrogens is 1. The van der Waals surface area contributed by atoms with Crippen LogP contribution in [0.2, 0.25) is 0 Å². The number of aromatic amines is 1. The highest BCUT2D eigenvalue weighted by Gasteiger charge is 2.07. The third-order valence-corrected chi connectivity index (χ3v) is 3.31. The van der Waals surface area contributed by atoms with Crippen LogP contribution in [0.25, 0.3) is 11.0 Å². The normalized spacial score (nSPS) is 10.8. The number of rotatable bonds is 5. The molecule has 112 valence electrons. The van der Waals surface area contributed by atoms with Gasteiger partial charge in [0.05, 0.1) is 23.2 Å². The quantitative estimate of drug-likeness (QED) is 0.579. The van der Waals surface area contributed by atoms with Crippen molar-refractivity contribution in [1.29, 1.82) is 0 Å². The number of halogens is 1. The Morgan fingerprint density at radius 1 is 1.14 bits per heavy atom. The smallest absolute Gasteiger partial charge is 0.338 e. The summed E-state index contributed by atoms with van der Waals surface area (Å²) in [6.07, 6.45) is 1.37. The van der Waals surface area contributed by atoms with Gasteiger partial charge in [0, 0.05) is 6.42 Å². The molecule has 0 radical (unpaired) electrons. The largest absolute Gasteiger partial charge is 0.462 e. The number of hydrogen-bond donors (Lipinski definition) is 1. The summed E-state index contributed by atoms with van der Waals surface area (Å²) in [5.41, 5.74) is 2.28. The van der Waals surface area contributed by atoms with Gasteiger partial charge in [-0.2, -0.15) is 0 Å². The number of para-hydroxylation sites is 2. The Morgan fingerprint density at radius 2 is 1.91 bits per heavy atom. The molecule has 22 heavy (non-hydrogen) atoms. The third-order valence-electron chi connectivity index (χ3n) is 3.31. The first-order valence-corrected chi connectivity index (χ1v) is 7.09. The average molecular weight is 298 g/mol. The second kappa shape index (κ2) is 6.39. The van der Waals surface area contributed by atoms with Gasteiger partial charge in [0.2, 0.25) is 0 Å². The van der Waals surface area contributed by atoms with Crippen LogP contribution in [0.15, 0.2) is 48.5 Å². The summed E-state index contributed by atoms with van der Waals surface area (Å²) >= 11 is 0. The molecule has 0 fully saturated rings. The van der Waals surface area contributed by atoms with Gasteiger partial charge < -0.3 is 9.72 Å². The molecule has 0 atom stereocenters. The fourth-order valence-electron chi connectivity index (χ4n) is 2.20. The van der Waals surface area contributed by atoms with E-state index in [1.165, 1.54) is 24.3 Å². The number of nitrogens with zero attached hydrogens (tertiary/aromatic N) is 1. The van der Waals surface area contributed by atoms with E-state index in [1.54, 1.807) is 0 Å². The van der Waals surface area contributed by atoms with E-state index in [4.69, 9.17) is 4.74 Å². The maximum atomic E-state index is 12.8. The lowest BCUT2D eigenvalue weighted by Crippen LogP contribution is -2.07. The van der Waals surface area contributed by atoms with E-state index in [0.717, 1.165) is 16.9 Å². The lowest BCUT2D eigenvalue weighted by Gasteiger charge is -2.04. The molecule has 1 N–H and O–H groups in total. The van der Waals surface area contributed by atoms with E-state index in [0.29, 0.717) is 25.0 Å². The van der Waals surface area contributed by atoms with Gasteiger partial charge in [0.15, 0.2) is 0 Å². The molecule has 0 bridgehead atoms. The molecule has 0 unspecified atom stereocenters. The molecule has 4 nitrogen and oxygen atoms in total. The number of carbonyl (C=O) groups excluding carboxylic acids is 1. The van der Waals surface area contributed by atoms with Crippen molar-refractivity contribution in [2.75, 3.05) is 6.61 Å². The first-order chi connectivity index (χ1) is 10.7. The van der Waals surface area contributed by atoms with Crippen LogP contribution in [0.3, 0.4) is 0 Å². The Bertz CT molecular complexity index is 748. The van der Waals surface area contributed by atoms with E-state index in [1.807, 2.05) is 24.3 Å². The fraction of sp³-hybridized carbons (Fsp3) is 0.176. The van der Waals surface area contributed by atoms with Gasteiger partial charge in [-0.15, -0.1) is 0 Å². The summed E-state index contributed by atoms with van der Waals surface area (Å²) in [6.45, 7) is 0.299. The zero-order valence-corrected chi connectivity index (χ0v) is 11.9. The van der Waals surface area contributed by atoms with Crippen molar-refractivity contribution in [1.82, 2.24) is 9.97 Å². The van der Waals surface area contributed by atoms with Gasteiger partial charge in [0.1, 0.15) is 11.6 Å². The number of aromatic nitrogens is 2. The maximum Gasteiger partial charge on any atom is 0.338 e. The van der Waals surface area contributed by atoms with Crippen LogP contribution in [0.5, 0.6) is 0 Å². The zero-order chi connectivity index (χ0) is 15.4. The number of hydrogen-bond acceptors (Lipinski definition) is 3. The maximum absolute atomic E-state index is 12.8. The summed E-state index contributed by atoms with van der Waals surface area (Å²) in [7, 11) is 0. The number of benzene rings is 2. The zero-order valence-electron chi connectivity index (χ0n) is 11.9. The molecule has 3 aromatic rings. The van der Waals surface area contributed by atoms with Crippen LogP contribution in [0, 0.1) is 5.82 Å². The number of carbonyl (C=O) groups is 1. The summed E-state index contributed by atoms with van der Waals surface area (Å²) in [5, 5.41) is 0. The number of ether oxygens (including phenoxy) is 1. The van der Waals surface area contributed by atoms with E-state index >= 15 is 0 Å². The molecular formula is C17H15FN2O2. The van der Waals surface area contributed by atoms with E-state index in [9.17, 15) is 9.18 Å². The molecule has 0 amide bonds. The Kier molecular flexibility index (Phi) is 4.14. The van der Waals surface area contributed by atoms with Crippen molar-refractivity contribution in [2.24, 2.45) is 0 Å². The number of esters is 1. The first kappa shape index (κ1) is 14.3. The monoisotopic (exact) mass is 298 g/mol. The van der Waals surface area contributed by atoms with E-state index in [2.05, 4.69) is 9.97 Å². The predicted octanol–water partition coefficient (Wildman–Crippen LogP) is 3.49. The van der Waals surface area contributed by atoms with Crippen molar-refractivity contribution >= 4 is 17.0 Å². The highest BCUT2D eigenvalue weighted by atomic mass is 19.1. The molecule has 1 aromatic heterocycles. The average Bonchev–Trinajstić information content (AvgIpc) is 2.95. The third kappa shape index (κ3) is 3.31. The lowest BCUT2D eigenvalue weighted by molar-refractivity contribution is 0.0500. The molecule has 1 heterocycles. The van der Waals surface area contributed by atoms with Gasteiger partial charge in [0.25, 0.3) is 0 Å². The molecule has 5 heteroatoms. The second-order valence-electron chi connectivity index (χ2n) is 4.95. The molecule has 0 saturated carbocycles. The second-order valence-corrected chi connectivity index (χ2v) is 4.95. The van der Waals surface area contributed by atoms with Crippen LogP contribution in [-0.2, 0) is 11.2 Å². The molecular weight excluding hydrogens is 283 g/mol. The van der Waals surface area contributed by atoms with Crippen molar-refractivity contribution < 1.29 is 13.9 Å². The number of aryl methyl sites for hydroxylation is 1. The minimum absolute atomic E-state index is 0.299. The van der Waals surface area contributed by atoms with Crippen LogP contribution in [0.1, 0.15) is 22.6 Å². The Morgan fingerprint density at radius 3 is 2.68 bits per heavy atom. The van der Waals surface area contributed by atoms with Crippen molar-refractivity contribution in [3.8, 4) is 0 Å². The van der Waals surface area contributed by atoms with Gasteiger partial charge >= 0.3 is 5.97 Å². The van der Waals surface area contributed by atoms with Gasteiger partial charge in [-0.25, -0.2) is 14.2 Å². The topological polar surface area (TPSA) is 55.0 Å². The molecule has 0 aliphatic rings. The number of imidazole rings is 1. The highest BCUT2D eigenvalue weighted by Crippen LogP contribution is 2.11. The van der Waals surface area contributed by atoms with E-state index in [-0.39, 0.29) is 5.82 Å². The molecule has 0 saturated heterocycles. The highest BCUT2D eigenvalue weighted by molar-refractivity contribution is 5.89. The van der Waals surface area contributed by atoms with Gasteiger partial charge in [-0.05, 0) is 42.8 Å². The summed E-state index contributed by atoms with van der Waals surface area (Å²) in [4.78, 5) is 19.4. The van der Waals surface area contributed by atoms with Crippen molar-refractivity contribution in [3.63, 3.8) is 0 Å². The van der Waals surface area contributed by atoms with Crippen molar-refractivity contribution in [3.05, 3.63) is 65.7 Å². The standard InChI is InChI=1S/C17H15FN2O2/c18-13-9-7-12(8-10-13)17(21)22-11-3-6-16-19-14-4-1-2-5-15(14)20-16/h1-2,4-5,7-10H,3,6,11H2,(H,19,20).